The van der Waals surface area contributed by atoms with Gasteiger partial charge in [-0.25, -0.2) is 0 Å². The number of nitrogens with zero attached hydrogens (tertiary/aromatic N) is 5. The van der Waals surface area contributed by atoms with Gasteiger partial charge in [0.2, 0.25) is 5.89 Å². The highest BCUT2D eigenvalue weighted by atomic mass is 16.6. The van der Waals surface area contributed by atoms with E-state index in [4.69, 9.17) is 4.52 Å². The van der Waals surface area contributed by atoms with Crippen molar-refractivity contribution >= 4 is 11.4 Å². The van der Waals surface area contributed by atoms with Crippen molar-refractivity contribution in [3.8, 4) is 0 Å². The van der Waals surface area contributed by atoms with E-state index in [2.05, 4.69) is 26.9 Å². The number of anilines is 1. The van der Waals surface area contributed by atoms with Crippen LogP contribution in [0.25, 0.3) is 0 Å². The molecule has 1 atom stereocenters. The average molecular weight is 331 g/mol. The minimum absolute atomic E-state index is 0.0741. The Balaban J connectivity index is 1.63. The molecule has 1 aliphatic heterocycles. The third kappa shape index (κ3) is 3.38. The fraction of sp³-hybridized carbons (Fsp3) is 0.500. The summed E-state index contributed by atoms with van der Waals surface area (Å²) >= 11 is 0. The minimum Gasteiger partial charge on any atom is -0.369 e. The first-order chi connectivity index (χ1) is 11.6. The molecule has 0 radical (unpaired) electrons. The fourth-order valence-electron chi connectivity index (χ4n) is 2.91. The molecule has 8 heteroatoms. The quantitative estimate of drug-likeness (QED) is 0.614. The Morgan fingerprint density at radius 3 is 2.71 bits per heavy atom. The molecule has 1 aliphatic rings. The molecule has 2 heterocycles. The normalized spacial score (nSPS) is 17.0. The number of benzene rings is 1. The highest BCUT2D eigenvalue weighted by molar-refractivity contribution is 5.53. The number of hydrogen-bond donors (Lipinski definition) is 0. The van der Waals surface area contributed by atoms with E-state index < -0.39 is 0 Å². The second-order valence-corrected chi connectivity index (χ2v) is 5.88. The van der Waals surface area contributed by atoms with Gasteiger partial charge in [-0.2, -0.15) is 4.98 Å². The van der Waals surface area contributed by atoms with Crippen LogP contribution in [0.2, 0.25) is 0 Å². The summed E-state index contributed by atoms with van der Waals surface area (Å²) in [5.74, 6) is 1.38. The summed E-state index contributed by atoms with van der Waals surface area (Å²) in [4.78, 5) is 19.4. The van der Waals surface area contributed by atoms with Crippen molar-refractivity contribution in [2.45, 2.75) is 26.3 Å². The van der Waals surface area contributed by atoms with Crippen molar-refractivity contribution in [1.82, 2.24) is 15.0 Å². The molecule has 0 amide bonds. The third-order valence-corrected chi connectivity index (χ3v) is 4.43. The van der Waals surface area contributed by atoms with Crippen LogP contribution in [0.3, 0.4) is 0 Å². The molecule has 0 bridgehead atoms. The summed E-state index contributed by atoms with van der Waals surface area (Å²) in [6.45, 7) is 7.36. The molecule has 2 aromatic rings. The Labute approximate surface area is 140 Å². The van der Waals surface area contributed by atoms with Gasteiger partial charge in [-0.15, -0.1) is 0 Å². The van der Waals surface area contributed by atoms with E-state index >= 15 is 0 Å². The second kappa shape index (κ2) is 6.96. The Hall–Kier alpha value is -2.48. The maximum Gasteiger partial charge on any atom is 0.271 e. The lowest BCUT2D eigenvalue weighted by Gasteiger charge is -2.37. The molecule has 128 valence electrons. The van der Waals surface area contributed by atoms with Crippen LogP contribution in [0.5, 0.6) is 0 Å². The second-order valence-electron chi connectivity index (χ2n) is 5.88. The van der Waals surface area contributed by atoms with Gasteiger partial charge in [0, 0.05) is 50.4 Å². The molecule has 0 N–H and O–H groups in total. The van der Waals surface area contributed by atoms with Gasteiger partial charge in [0.25, 0.3) is 5.69 Å². The monoisotopic (exact) mass is 331 g/mol. The van der Waals surface area contributed by atoms with Crippen LogP contribution in [0.4, 0.5) is 11.4 Å². The van der Waals surface area contributed by atoms with E-state index in [-0.39, 0.29) is 16.7 Å². The smallest absolute Gasteiger partial charge is 0.271 e. The number of non-ortho nitro benzene ring substituents is 1. The zero-order chi connectivity index (χ0) is 17.1. The molecule has 1 saturated heterocycles. The molecule has 0 aliphatic carbocycles. The SMILES string of the molecule is CCc1noc(C(C)N2CCN(c3cccc([N+](=O)[O-])c3)CC2)n1. The number of nitro groups is 1. The number of aryl methyl sites for hydroxylation is 1. The first-order valence-electron chi connectivity index (χ1n) is 8.14. The van der Waals surface area contributed by atoms with Crippen LogP contribution in [0, 0.1) is 10.1 Å². The van der Waals surface area contributed by atoms with Crippen LogP contribution < -0.4 is 4.90 Å². The van der Waals surface area contributed by atoms with Crippen molar-refractivity contribution in [2.75, 3.05) is 31.1 Å². The Kier molecular flexibility index (Phi) is 4.75. The maximum absolute atomic E-state index is 10.9. The van der Waals surface area contributed by atoms with E-state index in [0.717, 1.165) is 44.1 Å². The first kappa shape index (κ1) is 16.4. The van der Waals surface area contributed by atoms with E-state index in [0.29, 0.717) is 5.89 Å². The molecule has 3 rings (SSSR count). The number of aromatic nitrogens is 2. The van der Waals surface area contributed by atoms with Crippen molar-refractivity contribution in [3.63, 3.8) is 0 Å². The maximum atomic E-state index is 10.9. The summed E-state index contributed by atoms with van der Waals surface area (Å²) in [7, 11) is 0. The number of nitro benzene ring substituents is 1. The molecule has 1 unspecified atom stereocenters. The van der Waals surface area contributed by atoms with Gasteiger partial charge >= 0.3 is 0 Å². The van der Waals surface area contributed by atoms with Crippen molar-refractivity contribution < 1.29 is 9.45 Å². The molecular weight excluding hydrogens is 310 g/mol. The van der Waals surface area contributed by atoms with Crippen LogP contribution in [-0.4, -0.2) is 46.1 Å². The lowest BCUT2D eigenvalue weighted by molar-refractivity contribution is -0.384. The summed E-state index contributed by atoms with van der Waals surface area (Å²) < 4.78 is 5.33. The molecule has 1 aromatic carbocycles. The molecule has 1 fully saturated rings. The molecular formula is C16H21N5O3. The van der Waals surface area contributed by atoms with Crippen LogP contribution >= 0.6 is 0 Å². The standard InChI is InChI=1S/C16H21N5O3/c1-3-15-17-16(24-18-15)12(2)19-7-9-20(10-8-19)13-5-4-6-14(11-13)21(22)23/h4-6,11-12H,3,7-10H2,1-2H3. The first-order valence-corrected chi connectivity index (χ1v) is 8.14. The minimum atomic E-state index is -0.358. The predicted molar refractivity (Wildman–Crippen MR) is 89.0 cm³/mol. The van der Waals surface area contributed by atoms with E-state index in [1.165, 1.54) is 6.07 Å². The average Bonchev–Trinajstić information content (AvgIpc) is 3.10. The fourth-order valence-corrected chi connectivity index (χ4v) is 2.91. The third-order valence-electron chi connectivity index (χ3n) is 4.43. The molecule has 1 aromatic heterocycles. The molecule has 8 nitrogen and oxygen atoms in total. The predicted octanol–water partition coefficient (Wildman–Crippen LogP) is 2.42. The lowest BCUT2D eigenvalue weighted by Crippen LogP contribution is -2.47. The number of rotatable bonds is 5. The van der Waals surface area contributed by atoms with Gasteiger partial charge in [0.05, 0.1) is 11.0 Å². The zero-order valence-corrected chi connectivity index (χ0v) is 13.9. The van der Waals surface area contributed by atoms with Crippen molar-refractivity contribution in [3.05, 3.63) is 46.1 Å². The van der Waals surface area contributed by atoms with Gasteiger partial charge in [-0.1, -0.05) is 18.1 Å². The van der Waals surface area contributed by atoms with E-state index in [9.17, 15) is 10.1 Å². The van der Waals surface area contributed by atoms with Crippen LogP contribution in [0.1, 0.15) is 31.6 Å². The van der Waals surface area contributed by atoms with Gasteiger partial charge in [-0.3, -0.25) is 15.0 Å². The largest absolute Gasteiger partial charge is 0.369 e. The summed E-state index contributed by atoms with van der Waals surface area (Å²) in [5, 5.41) is 14.9. The van der Waals surface area contributed by atoms with Gasteiger partial charge < -0.3 is 9.42 Å². The molecule has 0 saturated carbocycles. The highest BCUT2D eigenvalue weighted by Crippen LogP contribution is 2.25. The number of piperazine rings is 1. The van der Waals surface area contributed by atoms with Crippen molar-refractivity contribution in [1.29, 1.82) is 0 Å². The summed E-state index contributed by atoms with van der Waals surface area (Å²) in [6, 6.07) is 6.86. The van der Waals surface area contributed by atoms with Crippen molar-refractivity contribution in [2.24, 2.45) is 0 Å². The van der Waals surface area contributed by atoms with Gasteiger partial charge in [-0.05, 0) is 13.0 Å². The lowest BCUT2D eigenvalue weighted by atomic mass is 10.2. The van der Waals surface area contributed by atoms with E-state index in [1.807, 2.05) is 13.0 Å². The van der Waals surface area contributed by atoms with Gasteiger partial charge in [0.1, 0.15) is 0 Å². The highest BCUT2D eigenvalue weighted by Gasteiger charge is 2.26. The van der Waals surface area contributed by atoms with Crippen LogP contribution in [0.15, 0.2) is 28.8 Å². The Morgan fingerprint density at radius 2 is 2.08 bits per heavy atom. The Morgan fingerprint density at radius 1 is 1.33 bits per heavy atom. The zero-order valence-electron chi connectivity index (χ0n) is 13.9. The topological polar surface area (TPSA) is 88.5 Å². The summed E-state index contributed by atoms with van der Waals surface area (Å²) in [6.07, 6.45) is 0.761. The van der Waals surface area contributed by atoms with Crippen LogP contribution in [-0.2, 0) is 6.42 Å². The molecule has 24 heavy (non-hydrogen) atoms. The van der Waals surface area contributed by atoms with Gasteiger partial charge in [0.15, 0.2) is 5.82 Å². The van der Waals surface area contributed by atoms with E-state index in [1.54, 1.807) is 12.1 Å². The summed E-state index contributed by atoms with van der Waals surface area (Å²) in [5.41, 5.74) is 1.02. The number of hydrogen-bond acceptors (Lipinski definition) is 7. The molecule has 0 spiro atoms. The Bertz CT molecular complexity index is 709.